The SMILES string of the molecule is CC(C)CCCCCCCCCCCCCCCC(=O)O[C@H](COC(=O)CCCCCCCCCCCCC(C)C)COP(=O)(O)OCC(O)COP(=O)(O)OC[C@@H](COC(=O)CCCCCCCCCC(C)C)OC(=O)CCCCCCCCC(C)C. The van der Waals surface area contributed by atoms with E-state index in [1.165, 1.54) is 135 Å². The molecule has 522 valence electrons. The summed E-state index contributed by atoms with van der Waals surface area (Å²) in [7, 11) is -9.90. The summed E-state index contributed by atoms with van der Waals surface area (Å²) in [5.41, 5.74) is 0. The van der Waals surface area contributed by atoms with E-state index in [1.807, 2.05) is 0 Å². The van der Waals surface area contributed by atoms with Crippen LogP contribution in [0.25, 0.3) is 0 Å². The smallest absolute Gasteiger partial charge is 0.462 e. The number of hydrogen-bond donors (Lipinski definition) is 3. The number of unbranched alkanes of at least 4 members (excludes halogenated alkanes) is 32. The molecule has 3 unspecified atom stereocenters. The first-order valence-electron chi connectivity index (χ1n) is 35.7. The van der Waals surface area contributed by atoms with E-state index in [0.717, 1.165) is 108 Å². The van der Waals surface area contributed by atoms with Gasteiger partial charge in [-0.3, -0.25) is 37.3 Å². The van der Waals surface area contributed by atoms with Crippen molar-refractivity contribution in [2.24, 2.45) is 23.7 Å². The molecule has 0 aromatic carbocycles. The summed E-state index contributed by atoms with van der Waals surface area (Å²) in [5, 5.41) is 10.6. The first-order valence-corrected chi connectivity index (χ1v) is 38.7. The number of carbonyl (C=O) groups is 4. The van der Waals surface area contributed by atoms with E-state index in [9.17, 15) is 43.2 Å². The Balaban J connectivity index is 5.23. The van der Waals surface area contributed by atoms with Crippen molar-refractivity contribution in [1.29, 1.82) is 0 Å². The number of esters is 4. The minimum absolute atomic E-state index is 0.101. The Bertz CT molecular complexity index is 1750. The van der Waals surface area contributed by atoms with Gasteiger partial charge in [-0.1, -0.05) is 287 Å². The Morgan fingerprint density at radius 2 is 0.477 bits per heavy atom. The molecule has 0 amide bonds. The van der Waals surface area contributed by atoms with E-state index in [0.29, 0.717) is 37.5 Å². The van der Waals surface area contributed by atoms with Gasteiger partial charge < -0.3 is 33.8 Å². The van der Waals surface area contributed by atoms with E-state index in [-0.39, 0.29) is 25.7 Å². The molecular weight excluding hydrogens is 1160 g/mol. The average molecular weight is 1300 g/mol. The zero-order chi connectivity index (χ0) is 65.4. The first kappa shape index (κ1) is 86.1. The number of aliphatic hydroxyl groups excluding tert-OH is 1. The van der Waals surface area contributed by atoms with Crippen LogP contribution < -0.4 is 0 Å². The second-order valence-electron chi connectivity index (χ2n) is 26.8. The third-order valence-corrected chi connectivity index (χ3v) is 17.7. The lowest BCUT2D eigenvalue weighted by Crippen LogP contribution is -2.30. The summed E-state index contributed by atoms with van der Waals surface area (Å²) in [6, 6.07) is 0. The second kappa shape index (κ2) is 58.8. The zero-order valence-corrected chi connectivity index (χ0v) is 59.1. The highest BCUT2D eigenvalue weighted by Gasteiger charge is 2.30. The molecule has 0 rings (SSSR count). The van der Waals surface area contributed by atoms with Gasteiger partial charge in [0.15, 0.2) is 12.2 Å². The maximum absolute atomic E-state index is 13.0. The molecule has 0 radical (unpaired) electrons. The van der Waals surface area contributed by atoms with Crippen LogP contribution in [0.4, 0.5) is 0 Å². The van der Waals surface area contributed by atoms with Crippen molar-refractivity contribution in [3.05, 3.63) is 0 Å². The summed E-state index contributed by atoms with van der Waals surface area (Å²) < 4.78 is 68.2. The average Bonchev–Trinajstić information content (AvgIpc) is 3.66. The van der Waals surface area contributed by atoms with Crippen LogP contribution in [0.5, 0.6) is 0 Å². The molecule has 0 aliphatic carbocycles. The monoisotopic (exact) mass is 1300 g/mol. The van der Waals surface area contributed by atoms with Crippen LogP contribution in [0, 0.1) is 23.7 Å². The summed E-state index contributed by atoms with van der Waals surface area (Å²) in [6.45, 7) is 14.0. The van der Waals surface area contributed by atoms with Gasteiger partial charge in [-0.25, -0.2) is 9.13 Å². The van der Waals surface area contributed by atoms with E-state index in [1.54, 1.807) is 0 Å². The standard InChI is InChI=1S/C69H134O17P2/c1-59(2)45-37-29-21-16-12-10-9-11-13-19-25-35-43-51-68(73)85-64(55-79-66(71)49-41-33-24-18-15-14-17-22-30-38-46-60(3)4)57-83-87(75,76)81-53-63(70)54-82-88(77,78)84-58-65(86-69(74)52-44-36-28-27-32-40-48-62(7)8)56-80-67(72)50-42-34-26-20-23-31-39-47-61(5)6/h59-65,70H,9-58H2,1-8H3,(H,75,76)(H,77,78)/t63?,64-,65-/m1/s1. The van der Waals surface area contributed by atoms with Gasteiger partial charge in [0.05, 0.1) is 26.4 Å². The number of rotatable bonds is 66. The van der Waals surface area contributed by atoms with E-state index in [4.69, 9.17) is 37.0 Å². The molecule has 0 bridgehead atoms. The van der Waals surface area contributed by atoms with Crippen LogP contribution in [0.1, 0.15) is 338 Å². The molecule has 17 nitrogen and oxygen atoms in total. The predicted octanol–water partition coefficient (Wildman–Crippen LogP) is 19.3. The van der Waals surface area contributed by atoms with Crippen molar-refractivity contribution in [3.8, 4) is 0 Å². The molecule has 5 atom stereocenters. The van der Waals surface area contributed by atoms with Gasteiger partial charge >= 0.3 is 39.5 Å². The summed E-state index contributed by atoms with van der Waals surface area (Å²) in [4.78, 5) is 72.4. The minimum Gasteiger partial charge on any atom is -0.462 e. The summed E-state index contributed by atoms with van der Waals surface area (Å²) in [5.74, 6) is 0.784. The fourth-order valence-electron chi connectivity index (χ4n) is 10.3. The largest absolute Gasteiger partial charge is 0.472 e. The lowest BCUT2D eigenvalue weighted by molar-refractivity contribution is -0.161. The third kappa shape index (κ3) is 62.8. The highest BCUT2D eigenvalue weighted by Crippen LogP contribution is 2.45. The van der Waals surface area contributed by atoms with Gasteiger partial charge in [0.1, 0.15) is 19.3 Å². The number of ether oxygens (including phenoxy) is 4. The van der Waals surface area contributed by atoms with E-state index < -0.39 is 97.5 Å². The van der Waals surface area contributed by atoms with Gasteiger partial charge in [0.25, 0.3) is 0 Å². The zero-order valence-electron chi connectivity index (χ0n) is 57.3. The van der Waals surface area contributed by atoms with Crippen molar-refractivity contribution < 1.29 is 80.2 Å². The molecule has 3 N–H and O–H groups in total. The Morgan fingerprint density at radius 3 is 0.705 bits per heavy atom. The molecule has 19 heteroatoms. The van der Waals surface area contributed by atoms with Crippen molar-refractivity contribution in [2.75, 3.05) is 39.6 Å². The third-order valence-electron chi connectivity index (χ3n) is 15.8. The predicted molar refractivity (Wildman–Crippen MR) is 354 cm³/mol. The van der Waals surface area contributed by atoms with Gasteiger partial charge in [-0.15, -0.1) is 0 Å². The maximum atomic E-state index is 13.0. The topological polar surface area (TPSA) is 237 Å². The Hall–Kier alpha value is -1.94. The van der Waals surface area contributed by atoms with Crippen LogP contribution in [0.15, 0.2) is 0 Å². The highest BCUT2D eigenvalue weighted by atomic mass is 31.2. The van der Waals surface area contributed by atoms with Crippen molar-refractivity contribution >= 4 is 39.5 Å². The molecule has 0 fully saturated rings. The fraction of sp³-hybridized carbons (Fsp3) is 0.942. The number of carbonyl (C=O) groups excluding carboxylic acids is 4. The lowest BCUT2D eigenvalue weighted by atomic mass is 10.0. The number of aliphatic hydroxyl groups is 1. The maximum Gasteiger partial charge on any atom is 0.472 e. The highest BCUT2D eigenvalue weighted by molar-refractivity contribution is 7.47. The van der Waals surface area contributed by atoms with Crippen LogP contribution in [-0.2, 0) is 65.4 Å². The molecule has 0 aliphatic heterocycles. The molecule has 0 saturated heterocycles. The number of hydrogen-bond acceptors (Lipinski definition) is 15. The lowest BCUT2D eigenvalue weighted by Gasteiger charge is -2.21. The molecular formula is C69H134O17P2. The Kier molecular flexibility index (Phi) is 57.6. The Labute approximate surface area is 537 Å². The molecule has 0 saturated carbocycles. The van der Waals surface area contributed by atoms with Crippen LogP contribution >= 0.6 is 15.6 Å². The van der Waals surface area contributed by atoms with E-state index in [2.05, 4.69) is 55.4 Å². The molecule has 0 aliphatic rings. The van der Waals surface area contributed by atoms with Crippen molar-refractivity contribution in [2.45, 2.75) is 356 Å². The molecule has 0 aromatic heterocycles. The molecule has 88 heavy (non-hydrogen) atoms. The normalized spacial score (nSPS) is 14.3. The van der Waals surface area contributed by atoms with Crippen molar-refractivity contribution in [3.63, 3.8) is 0 Å². The number of phosphoric acid groups is 2. The summed E-state index contributed by atoms with van der Waals surface area (Å²) in [6.07, 6.45) is 40.6. The minimum atomic E-state index is -4.95. The van der Waals surface area contributed by atoms with Crippen LogP contribution in [0.3, 0.4) is 0 Å². The second-order valence-corrected chi connectivity index (χ2v) is 29.7. The molecule has 0 heterocycles. The van der Waals surface area contributed by atoms with Gasteiger partial charge in [-0.05, 0) is 49.4 Å². The quantitative estimate of drug-likeness (QED) is 0.0222. The van der Waals surface area contributed by atoms with Crippen LogP contribution in [0.2, 0.25) is 0 Å². The Morgan fingerprint density at radius 1 is 0.284 bits per heavy atom. The summed E-state index contributed by atoms with van der Waals surface area (Å²) >= 11 is 0. The first-order chi connectivity index (χ1) is 42.1. The van der Waals surface area contributed by atoms with Gasteiger partial charge in [-0.2, -0.15) is 0 Å². The molecule has 0 aromatic rings. The van der Waals surface area contributed by atoms with Crippen LogP contribution in [-0.4, -0.2) is 96.7 Å². The van der Waals surface area contributed by atoms with Gasteiger partial charge in [0, 0.05) is 25.7 Å². The fourth-order valence-corrected chi connectivity index (χ4v) is 11.9. The molecule has 0 spiro atoms. The van der Waals surface area contributed by atoms with Crippen molar-refractivity contribution in [1.82, 2.24) is 0 Å². The van der Waals surface area contributed by atoms with E-state index >= 15 is 0 Å². The van der Waals surface area contributed by atoms with Gasteiger partial charge in [0.2, 0.25) is 0 Å². The number of phosphoric ester groups is 2.